The molecule has 4 heteroatoms. The Labute approximate surface area is 89.7 Å². The molecule has 0 aliphatic carbocycles. The summed E-state index contributed by atoms with van der Waals surface area (Å²) >= 11 is 1.65. The lowest BCUT2D eigenvalue weighted by Crippen LogP contribution is -2.27. The normalized spacial score (nSPS) is 13.0. The molecule has 0 bridgehead atoms. The van der Waals surface area contributed by atoms with E-state index in [1.165, 1.54) is 12.8 Å². The van der Waals surface area contributed by atoms with Crippen LogP contribution in [0.3, 0.4) is 0 Å². The van der Waals surface area contributed by atoms with Gasteiger partial charge in [0, 0.05) is 18.3 Å². The van der Waals surface area contributed by atoms with E-state index in [9.17, 15) is 0 Å². The molecular weight excluding hydrogens is 196 g/mol. The van der Waals surface area contributed by atoms with E-state index in [1.807, 2.05) is 0 Å². The van der Waals surface area contributed by atoms with Crippen LogP contribution in [0.1, 0.15) is 26.7 Å². The first-order chi connectivity index (χ1) is 6.83. The summed E-state index contributed by atoms with van der Waals surface area (Å²) in [5.74, 6) is 1.01. The average molecular weight is 214 g/mol. The molecule has 1 N–H and O–H groups in total. The standard InChI is InChI=1S/C10H18N2OS/c1-3-4-9(2)11-6-8-14-10-12-5-7-13-10/h5,7,9,11H,3-4,6,8H2,1-2H3. The molecule has 0 fully saturated rings. The van der Waals surface area contributed by atoms with E-state index < -0.39 is 0 Å². The van der Waals surface area contributed by atoms with Gasteiger partial charge < -0.3 is 9.73 Å². The van der Waals surface area contributed by atoms with E-state index in [2.05, 4.69) is 24.1 Å². The number of thioether (sulfide) groups is 1. The Bertz CT molecular complexity index is 226. The van der Waals surface area contributed by atoms with Gasteiger partial charge >= 0.3 is 0 Å². The molecule has 1 rings (SSSR count). The first kappa shape index (κ1) is 11.6. The second kappa shape index (κ2) is 6.90. The van der Waals surface area contributed by atoms with Crippen LogP contribution in [0, 0.1) is 0 Å². The van der Waals surface area contributed by atoms with E-state index in [-0.39, 0.29) is 0 Å². The van der Waals surface area contributed by atoms with Crippen LogP contribution < -0.4 is 5.32 Å². The fraction of sp³-hybridized carbons (Fsp3) is 0.700. The van der Waals surface area contributed by atoms with E-state index in [4.69, 9.17) is 4.42 Å². The lowest BCUT2D eigenvalue weighted by molar-refractivity contribution is 0.453. The van der Waals surface area contributed by atoms with Crippen molar-refractivity contribution in [2.24, 2.45) is 0 Å². The summed E-state index contributed by atoms with van der Waals surface area (Å²) in [6.45, 7) is 5.44. The van der Waals surface area contributed by atoms with Crippen LogP contribution >= 0.6 is 11.8 Å². The molecule has 0 aliphatic heterocycles. The Hall–Kier alpha value is -0.480. The van der Waals surface area contributed by atoms with Crippen LogP contribution in [-0.2, 0) is 0 Å². The number of hydrogen-bond acceptors (Lipinski definition) is 4. The summed E-state index contributed by atoms with van der Waals surface area (Å²) in [6, 6.07) is 0.616. The Balaban J connectivity index is 1.99. The topological polar surface area (TPSA) is 38.1 Å². The molecule has 0 radical (unpaired) electrons. The highest BCUT2D eigenvalue weighted by atomic mass is 32.2. The Morgan fingerprint density at radius 1 is 1.64 bits per heavy atom. The number of aromatic nitrogens is 1. The van der Waals surface area contributed by atoms with Gasteiger partial charge in [0.15, 0.2) is 0 Å². The molecule has 1 unspecified atom stereocenters. The predicted octanol–water partition coefficient (Wildman–Crippen LogP) is 2.54. The number of nitrogens with zero attached hydrogens (tertiary/aromatic N) is 1. The molecule has 1 aromatic rings. The van der Waals surface area contributed by atoms with Crippen molar-refractivity contribution < 1.29 is 4.42 Å². The Morgan fingerprint density at radius 3 is 3.14 bits per heavy atom. The third-order valence-electron chi connectivity index (χ3n) is 1.95. The zero-order valence-electron chi connectivity index (χ0n) is 8.82. The molecule has 0 saturated carbocycles. The fourth-order valence-corrected chi connectivity index (χ4v) is 1.91. The van der Waals surface area contributed by atoms with Gasteiger partial charge in [-0.3, -0.25) is 0 Å². The van der Waals surface area contributed by atoms with Gasteiger partial charge in [-0.1, -0.05) is 25.1 Å². The maximum absolute atomic E-state index is 5.11. The smallest absolute Gasteiger partial charge is 0.255 e. The first-order valence-corrected chi connectivity index (χ1v) is 6.07. The van der Waals surface area contributed by atoms with Gasteiger partial charge in [0.2, 0.25) is 0 Å². The molecule has 3 nitrogen and oxygen atoms in total. The number of hydrogen-bond donors (Lipinski definition) is 1. The van der Waals surface area contributed by atoms with Gasteiger partial charge in [0.25, 0.3) is 5.22 Å². The van der Waals surface area contributed by atoms with E-state index in [1.54, 1.807) is 24.2 Å². The molecule has 14 heavy (non-hydrogen) atoms. The largest absolute Gasteiger partial charge is 0.440 e. The number of rotatable bonds is 7. The second-order valence-electron chi connectivity index (χ2n) is 3.29. The van der Waals surface area contributed by atoms with Crippen molar-refractivity contribution in [3.8, 4) is 0 Å². The maximum atomic E-state index is 5.11. The quantitative estimate of drug-likeness (QED) is 0.559. The van der Waals surface area contributed by atoms with Crippen molar-refractivity contribution in [3.63, 3.8) is 0 Å². The van der Waals surface area contributed by atoms with Gasteiger partial charge in [0.05, 0.1) is 6.20 Å². The summed E-state index contributed by atoms with van der Waals surface area (Å²) in [5, 5.41) is 4.21. The van der Waals surface area contributed by atoms with Gasteiger partial charge in [-0.05, 0) is 13.3 Å². The van der Waals surface area contributed by atoms with Crippen molar-refractivity contribution in [3.05, 3.63) is 12.5 Å². The van der Waals surface area contributed by atoms with Crippen molar-refractivity contribution in [2.75, 3.05) is 12.3 Å². The highest BCUT2D eigenvalue weighted by Gasteiger charge is 2.00. The lowest BCUT2D eigenvalue weighted by Gasteiger charge is -2.11. The van der Waals surface area contributed by atoms with Crippen molar-refractivity contribution in [1.29, 1.82) is 0 Å². The third kappa shape index (κ3) is 4.67. The fourth-order valence-electron chi connectivity index (χ4n) is 1.26. The predicted molar refractivity (Wildman–Crippen MR) is 59.6 cm³/mol. The summed E-state index contributed by atoms with van der Waals surface area (Å²) in [5.41, 5.74) is 0. The minimum atomic E-state index is 0.616. The van der Waals surface area contributed by atoms with Gasteiger partial charge in [-0.15, -0.1) is 0 Å². The SMILES string of the molecule is CCCC(C)NCCSc1ncco1. The van der Waals surface area contributed by atoms with Crippen molar-refractivity contribution >= 4 is 11.8 Å². The Morgan fingerprint density at radius 2 is 2.50 bits per heavy atom. The van der Waals surface area contributed by atoms with Crippen LogP contribution in [0.4, 0.5) is 0 Å². The molecule has 1 heterocycles. The molecule has 0 aliphatic rings. The lowest BCUT2D eigenvalue weighted by atomic mass is 10.2. The zero-order valence-corrected chi connectivity index (χ0v) is 9.64. The van der Waals surface area contributed by atoms with Crippen LogP contribution in [0.2, 0.25) is 0 Å². The summed E-state index contributed by atoms with van der Waals surface area (Å²) in [4.78, 5) is 4.04. The zero-order chi connectivity index (χ0) is 10.2. The monoisotopic (exact) mass is 214 g/mol. The molecule has 80 valence electrons. The van der Waals surface area contributed by atoms with Crippen LogP contribution in [0.25, 0.3) is 0 Å². The highest BCUT2D eigenvalue weighted by molar-refractivity contribution is 7.99. The second-order valence-corrected chi connectivity index (χ2v) is 4.34. The van der Waals surface area contributed by atoms with Gasteiger partial charge in [-0.2, -0.15) is 0 Å². The first-order valence-electron chi connectivity index (χ1n) is 5.08. The minimum Gasteiger partial charge on any atom is -0.440 e. The van der Waals surface area contributed by atoms with E-state index in [0.29, 0.717) is 6.04 Å². The summed E-state index contributed by atoms with van der Waals surface area (Å²) in [7, 11) is 0. The van der Waals surface area contributed by atoms with E-state index in [0.717, 1.165) is 17.5 Å². The van der Waals surface area contributed by atoms with Crippen LogP contribution in [0.5, 0.6) is 0 Å². The van der Waals surface area contributed by atoms with Crippen LogP contribution in [0.15, 0.2) is 22.1 Å². The van der Waals surface area contributed by atoms with Crippen LogP contribution in [-0.4, -0.2) is 23.3 Å². The summed E-state index contributed by atoms with van der Waals surface area (Å²) < 4.78 is 5.11. The maximum Gasteiger partial charge on any atom is 0.255 e. The van der Waals surface area contributed by atoms with Crippen molar-refractivity contribution in [1.82, 2.24) is 10.3 Å². The Kier molecular flexibility index (Phi) is 5.71. The molecule has 0 amide bonds. The van der Waals surface area contributed by atoms with Gasteiger partial charge in [0.1, 0.15) is 6.26 Å². The highest BCUT2D eigenvalue weighted by Crippen LogP contribution is 2.13. The molecule has 0 saturated heterocycles. The number of oxazole rings is 1. The minimum absolute atomic E-state index is 0.616. The van der Waals surface area contributed by atoms with E-state index >= 15 is 0 Å². The molecule has 0 spiro atoms. The summed E-state index contributed by atoms with van der Waals surface area (Å²) in [6.07, 6.45) is 5.76. The third-order valence-corrected chi connectivity index (χ3v) is 2.81. The van der Waals surface area contributed by atoms with Gasteiger partial charge in [-0.25, -0.2) is 4.98 Å². The molecular formula is C10H18N2OS. The number of nitrogens with one attached hydrogen (secondary N) is 1. The molecule has 0 aromatic carbocycles. The molecule has 1 aromatic heterocycles. The average Bonchev–Trinajstić information content (AvgIpc) is 2.65. The van der Waals surface area contributed by atoms with Crippen molar-refractivity contribution in [2.45, 2.75) is 38.0 Å². The molecule has 1 atom stereocenters.